The maximum absolute atomic E-state index is 12.7. The van der Waals surface area contributed by atoms with E-state index in [1.807, 2.05) is 13.0 Å². The van der Waals surface area contributed by atoms with Crippen molar-refractivity contribution in [3.63, 3.8) is 0 Å². The van der Waals surface area contributed by atoms with Crippen LogP contribution in [-0.4, -0.2) is 49.7 Å². The van der Waals surface area contributed by atoms with Crippen LogP contribution in [0.25, 0.3) is 0 Å². The van der Waals surface area contributed by atoms with E-state index in [0.717, 1.165) is 11.3 Å². The molecular weight excluding hydrogens is 356 g/mol. The fraction of sp³-hybridized carbons (Fsp3) is 0.389. The van der Waals surface area contributed by atoms with E-state index in [-0.39, 0.29) is 5.91 Å². The van der Waals surface area contributed by atoms with Gasteiger partial charge >= 0.3 is 0 Å². The summed E-state index contributed by atoms with van der Waals surface area (Å²) in [5.74, 6) is 0.00422. The summed E-state index contributed by atoms with van der Waals surface area (Å²) >= 11 is 1.52. The number of thiophene rings is 1. The highest BCUT2D eigenvalue weighted by molar-refractivity contribution is 7.89. The van der Waals surface area contributed by atoms with Gasteiger partial charge < -0.3 is 4.90 Å². The predicted octanol–water partition coefficient (Wildman–Crippen LogP) is 2.77. The van der Waals surface area contributed by atoms with Gasteiger partial charge in [-0.15, -0.1) is 11.3 Å². The highest BCUT2D eigenvalue weighted by Gasteiger charge is 2.30. The van der Waals surface area contributed by atoms with Crippen LogP contribution in [0.5, 0.6) is 0 Å². The Labute approximate surface area is 152 Å². The van der Waals surface area contributed by atoms with Gasteiger partial charge in [0.25, 0.3) is 5.91 Å². The Morgan fingerprint density at radius 3 is 2.32 bits per heavy atom. The smallest absolute Gasteiger partial charge is 0.264 e. The second-order valence-electron chi connectivity index (χ2n) is 6.05. The highest BCUT2D eigenvalue weighted by Crippen LogP contribution is 2.24. The molecule has 25 heavy (non-hydrogen) atoms. The third-order valence-electron chi connectivity index (χ3n) is 4.52. The Balaban J connectivity index is 1.68. The molecule has 1 aromatic carbocycles. The molecule has 2 aromatic rings. The minimum atomic E-state index is -3.48. The topological polar surface area (TPSA) is 57.7 Å². The van der Waals surface area contributed by atoms with Crippen molar-refractivity contribution in [2.45, 2.75) is 25.2 Å². The summed E-state index contributed by atoms with van der Waals surface area (Å²) in [6.45, 7) is 5.61. The van der Waals surface area contributed by atoms with Crippen LogP contribution >= 0.6 is 11.3 Å². The van der Waals surface area contributed by atoms with E-state index in [9.17, 15) is 13.2 Å². The summed E-state index contributed by atoms with van der Waals surface area (Å²) in [5.41, 5.74) is 1.21. The standard InChI is InChI=1S/C18H22N2O3S2/c1-3-15-13-17(24-14(15)2)18(21)19-9-11-20(12-10-19)25(22,23)16-7-5-4-6-8-16/h4-8,13H,3,9-12H2,1-2H3. The second kappa shape index (κ2) is 7.27. The van der Waals surface area contributed by atoms with Crippen LogP contribution in [-0.2, 0) is 16.4 Å². The minimum Gasteiger partial charge on any atom is -0.335 e. The molecule has 1 amide bonds. The molecule has 1 fully saturated rings. The monoisotopic (exact) mass is 378 g/mol. The van der Waals surface area contributed by atoms with Crippen molar-refractivity contribution < 1.29 is 13.2 Å². The molecule has 0 bridgehead atoms. The quantitative estimate of drug-likeness (QED) is 0.822. The number of benzene rings is 1. The van der Waals surface area contributed by atoms with Crippen molar-refractivity contribution in [3.8, 4) is 0 Å². The van der Waals surface area contributed by atoms with Crippen molar-refractivity contribution in [1.82, 2.24) is 9.21 Å². The summed E-state index contributed by atoms with van der Waals surface area (Å²) in [5, 5.41) is 0. The van der Waals surface area contributed by atoms with Gasteiger partial charge in [0.05, 0.1) is 9.77 Å². The van der Waals surface area contributed by atoms with Crippen molar-refractivity contribution in [2.24, 2.45) is 0 Å². The van der Waals surface area contributed by atoms with Crippen LogP contribution in [0.2, 0.25) is 0 Å². The number of aryl methyl sites for hydroxylation is 2. The van der Waals surface area contributed by atoms with Crippen molar-refractivity contribution >= 4 is 27.3 Å². The summed E-state index contributed by atoms with van der Waals surface area (Å²) in [6.07, 6.45) is 0.915. The van der Waals surface area contributed by atoms with Crippen LogP contribution in [0, 0.1) is 6.92 Å². The van der Waals surface area contributed by atoms with Gasteiger partial charge in [0.1, 0.15) is 0 Å². The zero-order valence-electron chi connectivity index (χ0n) is 14.4. The Bertz CT molecular complexity index is 852. The lowest BCUT2D eigenvalue weighted by atomic mass is 10.2. The summed E-state index contributed by atoms with van der Waals surface area (Å²) in [4.78, 5) is 16.7. The molecule has 1 saturated heterocycles. The normalized spacial score (nSPS) is 16.2. The number of nitrogens with zero attached hydrogens (tertiary/aromatic N) is 2. The maximum atomic E-state index is 12.7. The maximum Gasteiger partial charge on any atom is 0.264 e. The number of hydrogen-bond acceptors (Lipinski definition) is 4. The van der Waals surface area contributed by atoms with Crippen molar-refractivity contribution in [2.75, 3.05) is 26.2 Å². The second-order valence-corrected chi connectivity index (χ2v) is 9.25. The number of hydrogen-bond donors (Lipinski definition) is 0. The Morgan fingerprint density at radius 2 is 1.76 bits per heavy atom. The van der Waals surface area contributed by atoms with Gasteiger partial charge in [0.15, 0.2) is 0 Å². The Hall–Kier alpha value is -1.70. The molecule has 1 aromatic heterocycles. The number of sulfonamides is 1. The van der Waals surface area contributed by atoms with Gasteiger partial charge in [-0.1, -0.05) is 25.1 Å². The average molecular weight is 379 g/mol. The van der Waals surface area contributed by atoms with E-state index in [1.54, 1.807) is 35.2 Å². The van der Waals surface area contributed by atoms with E-state index < -0.39 is 10.0 Å². The van der Waals surface area contributed by atoms with Crippen molar-refractivity contribution in [3.05, 3.63) is 51.7 Å². The molecule has 0 saturated carbocycles. The van der Waals surface area contributed by atoms with E-state index >= 15 is 0 Å². The van der Waals surface area contributed by atoms with Crippen molar-refractivity contribution in [1.29, 1.82) is 0 Å². The van der Waals surface area contributed by atoms with Crippen LogP contribution in [0.1, 0.15) is 27.0 Å². The molecule has 1 aliphatic heterocycles. The molecule has 134 valence electrons. The van der Waals surface area contributed by atoms with Crippen LogP contribution < -0.4 is 0 Å². The molecule has 0 unspecified atom stereocenters. The first-order valence-electron chi connectivity index (χ1n) is 8.37. The minimum absolute atomic E-state index is 0.00422. The molecule has 0 N–H and O–H groups in total. The first-order valence-corrected chi connectivity index (χ1v) is 10.6. The van der Waals surface area contributed by atoms with Gasteiger partial charge in [-0.05, 0) is 37.1 Å². The Kier molecular flexibility index (Phi) is 5.27. The SMILES string of the molecule is CCc1cc(C(=O)N2CCN(S(=O)(=O)c3ccccc3)CC2)sc1C. The molecule has 0 radical (unpaired) electrons. The third kappa shape index (κ3) is 3.63. The molecule has 2 heterocycles. The van der Waals surface area contributed by atoms with E-state index in [1.165, 1.54) is 26.1 Å². The van der Waals surface area contributed by atoms with E-state index in [4.69, 9.17) is 0 Å². The lowest BCUT2D eigenvalue weighted by Crippen LogP contribution is -2.50. The van der Waals surface area contributed by atoms with Gasteiger partial charge in [-0.2, -0.15) is 4.31 Å². The summed E-state index contributed by atoms with van der Waals surface area (Å²) in [6, 6.07) is 10.4. The highest BCUT2D eigenvalue weighted by atomic mass is 32.2. The fourth-order valence-corrected chi connectivity index (χ4v) is 5.53. The largest absolute Gasteiger partial charge is 0.335 e. The number of amides is 1. The number of piperazine rings is 1. The third-order valence-corrected chi connectivity index (χ3v) is 7.51. The zero-order chi connectivity index (χ0) is 18.0. The lowest BCUT2D eigenvalue weighted by molar-refractivity contribution is 0.0702. The van der Waals surface area contributed by atoms with Crippen LogP contribution in [0.3, 0.4) is 0 Å². The Morgan fingerprint density at radius 1 is 1.12 bits per heavy atom. The predicted molar refractivity (Wildman–Crippen MR) is 99.5 cm³/mol. The number of rotatable bonds is 4. The molecule has 0 aliphatic carbocycles. The van der Waals surface area contributed by atoms with Gasteiger partial charge in [-0.3, -0.25) is 4.79 Å². The van der Waals surface area contributed by atoms with Crippen LogP contribution in [0.15, 0.2) is 41.3 Å². The molecule has 1 aliphatic rings. The summed E-state index contributed by atoms with van der Waals surface area (Å²) < 4.78 is 26.8. The first kappa shape index (κ1) is 18.1. The molecular formula is C18H22N2O3S2. The lowest BCUT2D eigenvalue weighted by Gasteiger charge is -2.33. The molecule has 5 nitrogen and oxygen atoms in total. The van der Waals surface area contributed by atoms with E-state index in [2.05, 4.69) is 6.92 Å². The molecule has 3 rings (SSSR count). The molecule has 7 heteroatoms. The summed E-state index contributed by atoms with van der Waals surface area (Å²) in [7, 11) is -3.48. The van der Waals surface area contributed by atoms with Gasteiger partial charge in [-0.25, -0.2) is 8.42 Å². The van der Waals surface area contributed by atoms with Crippen LogP contribution in [0.4, 0.5) is 0 Å². The number of carbonyl (C=O) groups is 1. The average Bonchev–Trinajstić information content (AvgIpc) is 3.02. The van der Waals surface area contributed by atoms with E-state index in [0.29, 0.717) is 31.1 Å². The number of carbonyl (C=O) groups excluding carboxylic acids is 1. The molecule has 0 atom stereocenters. The van der Waals surface area contributed by atoms with Gasteiger partial charge in [0, 0.05) is 31.1 Å². The fourth-order valence-electron chi connectivity index (χ4n) is 3.01. The van der Waals surface area contributed by atoms with Gasteiger partial charge in [0.2, 0.25) is 10.0 Å². The first-order chi connectivity index (χ1) is 11.9. The molecule has 0 spiro atoms. The zero-order valence-corrected chi connectivity index (χ0v) is 16.1.